The Kier molecular flexibility index (Phi) is 6.80. The Labute approximate surface area is 294 Å². The van der Waals surface area contributed by atoms with Crippen LogP contribution in [-0.4, -0.2) is 15.0 Å². The molecule has 2 aliphatic rings. The average molecular weight is 646 g/mol. The summed E-state index contributed by atoms with van der Waals surface area (Å²) in [6.45, 7) is 9.41. The Morgan fingerprint density at radius 2 is 0.860 bits per heavy atom. The van der Waals surface area contributed by atoms with Gasteiger partial charge in [0.15, 0.2) is 17.5 Å². The van der Waals surface area contributed by atoms with E-state index >= 15 is 0 Å². The molecule has 7 aromatic rings. The van der Waals surface area contributed by atoms with E-state index in [4.69, 9.17) is 15.0 Å². The molecule has 3 heteroatoms. The van der Waals surface area contributed by atoms with Crippen molar-refractivity contribution in [3.8, 4) is 45.3 Å². The minimum atomic E-state index is -0.499. The zero-order valence-corrected chi connectivity index (χ0v) is 29.0. The third-order valence-electron chi connectivity index (χ3n) is 11.0. The van der Waals surface area contributed by atoms with Gasteiger partial charge in [-0.25, -0.2) is 15.0 Å². The fourth-order valence-electron chi connectivity index (χ4n) is 9.08. The van der Waals surface area contributed by atoms with Crippen molar-refractivity contribution in [2.75, 3.05) is 0 Å². The summed E-state index contributed by atoms with van der Waals surface area (Å²) in [6, 6.07) is 54.6. The number of fused-ring (bicyclic) bond motifs is 4. The molecule has 50 heavy (non-hydrogen) atoms. The molecule has 0 saturated heterocycles. The molecule has 0 fully saturated rings. The van der Waals surface area contributed by atoms with Crippen molar-refractivity contribution in [2.24, 2.45) is 0 Å². The van der Waals surface area contributed by atoms with E-state index in [1.165, 1.54) is 44.5 Å². The highest BCUT2D eigenvalue weighted by Gasteiger charge is 2.46. The van der Waals surface area contributed by atoms with Gasteiger partial charge < -0.3 is 0 Å². The van der Waals surface area contributed by atoms with Crippen LogP contribution >= 0.6 is 0 Å². The number of hydrogen-bond donors (Lipinski definition) is 0. The van der Waals surface area contributed by atoms with E-state index in [9.17, 15) is 0 Å². The van der Waals surface area contributed by atoms with Crippen molar-refractivity contribution in [1.29, 1.82) is 0 Å². The van der Waals surface area contributed by atoms with Crippen LogP contribution in [0, 0.1) is 0 Å². The van der Waals surface area contributed by atoms with Crippen LogP contribution in [0.25, 0.3) is 45.3 Å². The zero-order chi connectivity index (χ0) is 34.1. The summed E-state index contributed by atoms with van der Waals surface area (Å²) in [5.74, 6) is 2.03. The third kappa shape index (κ3) is 4.60. The van der Waals surface area contributed by atoms with Gasteiger partial charge in [0.2, 0.25) is 0 Å². The summed E-state index contributed by atoms with van der Waals surface area (Å²) in [6.07, 6.45) is 1.11. The lowest BCUT2D eigenvalue weighted by Gasteiger charge is -2.34. The molecule has 0 spiro atoms. The van der Waals surface area contributed by atoms with E-state index in [-0.39, 0.29) is 10.8 Å². The van der Waals surface area contributed by atoms with Crippen molar-refractivity contribution in [1.82, 2.24) is 15.0 Å². The normalized spacial score (nSPS) is 16.0. The molecular formula is C47H39N3. The smallest absolute Gasteiger partial charge is 0.164 e. The molecule has 3 nitrogen and oxygen atoms in total. The van der Waals surface area contributed by atoms with E-state index in [2.05, 4.69) is 161 Å². The maximum absolute atomic E-state index is 5.24. The summed E-state index contributed by atoms with van der Waals surface area (Å²) >= 11 is 0. The summed E-state index contributed by atoms with van der Waals surface area (Å²) in [5, 5.41) is 0. The van der Waals surface area contributed by atoms with Crippen LogP contribution in [0.4, 0.5) is 0 Å². The van der Waals surface area contributed by atoms with Crippen LogP contribution in [0.5, 0.6) is 0 Å². The van der Waals surface area contributed by atoms with Crippen LogP contribution in [-0.2, 0) is 16.2 Å². The first-order valence-corrected chi connectivity index (χ1v) is 17.6. The van der Waals surface area contributed by atoms with Gasteiger partial charge in [-0.1, -0.05) is 167 Å². The van der Waals surface area contributed by atoms with Crippen LogP contribution in [0.15, 0.2) is 152 Å². The standard InChI is InChI=1S/C47H39N3/c1-45(2)30-46(3,4)41-29-33(26-27-40(41)45)44-49-42(31-16-7-5-8-17-31)48-43(50-44)32-18-15-21-35(28-32)47(34-19-9-6-10-20-34)38-24-13-11-22-36(38)37-23-12-14-25-39(37)47/h5-29H,30H2,1-4H3. The van der Waals surface area contributed by atoms with Crippen molar-refractivity contribution in [3.05, 3.63) is 185 Å². The minimum Gasteiger partial charge on any atom is -0.208 e. The number of aromatic nitrogens is 3. The quantitative estimate of drug-likeness (QED) is 0.187. The van der Waals surface area contributed by atoms with Crippen molar-refractivity contribution in [2.45, 2.75) is 50.4 Å². The molecule has 242 valence electrons. The SMILES string of the molecule is CC1(C)CC(C)(C)c2cc(-c3nc(-c4ccccc4)nc(-c4cccc(C5(c6ccccc6)c6ccccc6-c6ccccc65)c4)n3)ccc21. The molecule has 9 rings (SSSR count). The van der Waals surface area contributed by atoms with Gasteiger partial charge in [-0.15, -0.1) is 0 Å². The van der Waals surface area contributed by atoms with Gasteiger partial charge in [0.05, 0.1) is 5.41 Å². The van der Waals surface area contributed by atoms with Gasteiger partial charge in [-0.3, -0.25) is 0 Å². The van der Waals surface area contributed by atoms with E-state index < -0.39 is 5.41 Å². The lowest BCUT2D eigenvalue weighted by molar-refractivity contribution is 0.403. The predicted octanol–water partition coefficient (Wildman–Crippen LogP) is 11.2. The van der Waals surface area contributed by atoms with E-state index in [0.29, 0.717) is 17.5 Å². The summed E-state index contributed by atoms with van der Waals surface area (Å²) in [7, 11) is 0. The lowest BCUT2D eigenvalue weighted by atomic mass is 9.67. The second-order valence-corrected chi connectivity index (χ2v) is 15.2. The topological polar surface area (TPSA) is 38.7 Å². The zero-order valence-electron chi connectivity index (χ0n) is 29.0. The molecule has 0 unspecified atom stereocenters. The highest BCUT2D eigenvalue weighted by Crippen LogP contribution is 2.56. The lowest BCUT2D eigenvalue weighted by Crippen LogP contribution is -2.28. The second-order valence-electron chi connectivity index (χ2n) is 15.2. The first-order chi connectivity index (χ1) is 24.3. The van der Waals surface area contributed by atoms with E-state index in [1.54, 1.807) is 0 Å². The molecular weight excluding hydrogens is 607 g/mol. The van der Waals surface area contributed by atoms with Gasteiger partial charge >= 0.3 is 0 Å². The molecule has 0 amide bonds. The monoisotopic (exact) mass is 645 g/mol. The van der Waals surface area contributed by atoms with Gasteiger partial charge in [-0.2, -0.15) is 0 Å². The molecule has 6 aromatic carbocycles. The molecule has 0 bridgehead atoms. The summed E-state index contributed by atoms with van der Waals surface area (Å²) in [4.78, 5) is 15.5. The van der Waals surface area contributed by atoms with Crippen molar-refractivity contribution >= 4 is 0 Å². The number of nitrogens with zero attached hydrogens (tertiary/aromatic N) is 3. The van der Waals surface area contributed by atoms with Gasteiger partial charge in [-0.05, 0) is 73.9 Å². The minimum absolute atomic E-state index is 0.0704. The molecule has 0 saturated carbocycles. The van der Waals surface area contributed by atoms with E-state index in [1.807, 2.05) is 18.2 Å². The van der Waals surface area contributed by atoms with Crippen molar-refractivity contribution in [3.63, 3.8) is 0 Å². The summed E-state index contributed by atoms with van der Waals surface area (Å²) < 4.78 is 0. The largest absolute Gasteiger partial charge is 0.208 e. The highest BCUT2D eigenvalue weighted by molar-refractivity contribution is 5.86. The molecule has 0 aliphatic heterocycles. The Morgan fingerprint density at radius 1 is 0.380 bits per heavy atom. The Hall–Kier alpha value is -5.67. The molecule has 1 heterocycles. The van der Waals surface area contributed by atoms with Crippen LogP contribution in [0.2, 0.25) is 0 Å². The first-order valence-electron chi connectivity index (χ1n) is 17.6. The molecule has 0 atom stereocenters. The van der Waals surface area contributed by atoms with Crippen LogP contribution in [0.1, 0.15) is 67.5 Å². The average Bonchev–Trinajstić information content (AvgIpc) is 3.56. The maximum atomic E-state index is 5.24. The number of benzene rings is 6. The Morgan fingerprint density at radius 3 is 1.50 bits per heavy atom. The predicted molar refractivity (Wildman–Crippen MR) is 204 cm³/mol. The number of hydrogen-bond acceptors (Lipinski definition) is 3. The summed E-state index contributed by atoms with van der Waals surface area (Å²) in [5.41, 5.74) is 13.0. The van der Waals surface area contributed by atoms with Gasteiger partial charge in [0.25, 0.3) is 0 Å². The van der Waals surface area contributed by atoms with Crippen LogP contribution < -0.4 is 0 Å². The first kappa shape index (κ1) is 30.4. The van der Waals surface area contributed by atoms with E-state index in [0.717, 1.165) is 23.1 Å². The third-order valence-corrected chi connectivity index (χ3v) is 11.0. The Balaban J connectivity index is 1.27. The molecule has 0 radical (unpaired) electrons. The fraction of sp³-hybridized carbons (Fsp3) is 0.170. The second kappa shape index (κ2) is 11.2. The van der Waals surface area contributed by atoms with Gasteiger partial charge in [0, 0.05) is 16.7 Å². The number of rotatable bonds is 5. The molecule has 2 aliphatic carbocycles. The van der Waals surface area contributed by atoms with Gasteiger partial charge in [0.1, 0.15) is 0 Å². The van der Waals surface area contributed by atoms with Crippen LogP contribution in [0.3, 0.4) is 0 Å². The fourth-order valence-corrected chi connectivity index (χ4v) is 9.08. The van der Waals surface area contributed by atoms with Crippen molar-refractivity contribution < 1.29 is 0 Å². The Bertz CT molecular complexity index is 2360. The maximum Gasteiger partial charge on any atom is 0.164 e. The molecule has 0 N–H and O–H groups in total. The highest BCUT2D eigenvalue weighted by atomic mass is 15.0. The molecule has 1 aromatic heterocycles.